The van der Waals surface area contributed by atoms with E-state index in [0.29, 0.717) is 34.3 Å². The van der Waals surface area contributed by atoms with Crippen molar-refractivity contribution >= 4 is 46.5 Å². The Morgan fingerprint density at radius 1 is 1.52 bits per heavy atom. The second-order valence-corrected chi connectivity index (χ2v) is 8.04. The fourth-order valence-corrected chi connectivity index (χ4v) is 4.47. The van der Waals surface area contributed by atoms with Gasteiger partial charge in [0.05, 0.1) is 17.7 Å². The van der Waals surface area contributed by atoms with E-state index in [4.69, 9.17) is 4.74 Å². The van der Waals surface area contributed by atoms with Gasteiger partial charge in [-0.2, -0.15) is 0 Å². The summed E-state index contributed by atoms with van der Waals surface area (Å²) in [6.45, 7) is 5.66. The third-order valence-corrected chi connectivity index (χ3v) is 5.99. The first-order valence-corrected chi connectivity index (χ1v) is 8.90. The van der Waals surface area contributed by atoms with E-state index in [1.165, 1.54) is 12.0 Å². The third kappa shape index (κ3) is 3.50. The van der Waals surface area contributed by atoms with Crippen LogP contribution >= 0.6 is 23.1 Å². The molecule has 1 aliphatic heterocycles. The van der Waals surface area contributed by atoms with Gasteiger partial charge in [-0.05, 0) is 20.3 Å². The highest BCUT2D eigenvalue weighted by Crippen LogP contribution is 2.38. The molecule has 0 bridgehead atoms. The number of esters is 1. The minimum absolute atomic E-state index is 0.303. The number of hydrogen-bond acceptors (Lipinski definition) is 7. The fourth-order valence-electron chi connectivity index (χ4n) is 2.30. The van der Waals surface area contributed by atoms with Crippen LogP contribution in [0.5, 0.6) is 0 Å². The molecule has 23 heavy (non-hydrogen) atoms. The number of thioether (sulfide) groups is 1. The number of carbonyl (C=O) groups is 3. The molecule has 7 nitrogen and oxygen atoms in total. The molecule has 0 aliphatic carbocycles. The monoisotopic (exact) mass is 357 g/mol. The maximum absolute atomic E-state index is 12.4. The summed E-state index contributed by atoms with van der Waals surface area (Å²) >= 11 is 2.62. The lowest BCUT2D eigenvalue weighted by Gasteiger charge is -2.29. The van der Waals surface area contributed by atoms with Gasteiger partial charge in [-0.15, -0.1) is 11.8 Å². The summed E-state index contributed by atoms with van der Waals surface area (Å²) in [5.74, 6) is -0.247. The Bertz CT molecular complexity index is 630. The zero-order chi connectivity index (χ0) is 17.2. The summed E-state index contributed by atoms with van der Waals surface area (Å²) in [5.41, 5.74) is 0.588. The summed E-state index contributed by atoms with van der Waals surface area (Å²) in [4.78, 5) is 41.2. The van der Waals surface area contributed by atoms with Gasteiger partial charge in [0.15, 0.2) is 5.13 Å². The minimum atomic E-state index is -0.553. The van der Waals surface area contributed by atoms with Crippen LogP contribution in [0, 0.1) is 0 Å². The standard InChI is InChI=1S/C14H19N3O4S2/c1-5-8-10(12(20)21-4)23-13(15-8)16-11(19)9-6-22-14(2,3)17(9)7-18/h7,9H,5-6H2,1-4H3,(H,15,16,19)/t9-/m1/s1. The molecular weight excluding hydrogens is 338 g/mol. The van der Waals surface area contributed by atoms with Crippen LogP contribution in [0.1, 0.15) is 36.1 Å². The zero-order valence-electron chi connectivity index (χ0n) is 13.4. The first kappa shape index (κ1) is 17.7. The van der Waals surface area contributed by atoms with Gasteiger partial charge in [0.2, 0.25) is 12.3 Å². The Kier molecular flexibility index (Phi) is 5.30. The molecule has 126 valence electrons. The number of aryl methyl sites for hydroxylation is 1. The van der Waals surface area contributed by atoms with Gasteiger partial charge < -0.3 is 15.0 Å². The van der Waals surface area contributed by atoms with Crippen molar-refractivity contribution in [3.8, 4) is 0 Å². The van der Waals surface area contributed by atoms with Crippen LogP contribution < -0.4 is 5.32 Å². The molecule has 1 aromatic rings. The SMILES string of the molecule is CCc1nc(NC(=O)[C@H]2CSC(C)(C)N2C=O)sc1C(=O)OC. The number of nitrogens with one attached hydrogen (secondary N) is 1. The number of methoxy groups -OCH3 is 1. The van der Waals surface area contributed by atoms with Gasteiger partial charge in [-0.3, -0.25) is 9.59 Å². The number of anilines is 1. The molecule has 1 aliphatic rings. The third-order valence-electron chi connectivity index (χ3n) is 3.60. The number of nitrogens with zero attached hydrogens (tertiary/aromatic N) is 2. The molecule has 1 N–H and O–H groups in total. The number of rotatable bonds is 5. The van der Waals surface area contributed by atoms with Crippen LogP contribution in [0.2, 0.25) is 0 Å². The summed E-state index contributed by atoms with van der Waals surface area (Å²) in [7, 11) is 1.31. The molecule has 2 amide bonds. The van der Waals surface area contributed by atoms with Gasteiger partial charge in [0.1, 0.15) is 10.9 Å². The van der Waals surface area contributed by atoms with Crippen molar-refractivity contribution in [1.82, 2.24) is 9.88 Å². The van der Waals surface area contributed by atoms with Gasteiger partial charge in [0.25, 0.3) is 0 Å². The van der Waals surface area contributed by atoms with Crippen LogP contribution in [0.4, 0.5) is 5.13 Å². The van der Waals surface area contributed by atoms with Gasteiger partial charge in [0, 0.05) is 5.75 Å². The van der Waals surface area contributed by atoms with Gasteiger partial charge >= 0.3 is 5.97 Å². The van der Waals surface area contributed by atoms with E-state index in [1.807, 2.05) is 20.8 Å². The summed E-state index contributed by atoms with van der Waals surface area (Å²) < 4.78 is 4.72. The molecule has 0 aromatic carbocycles. The molecule has 1 atom stereocenters. The second-order valence-electron chi connectivity index (χ2n) is 5.42. The normalized spacial score (nSPS) is 19.5. The van der Waals surface area contributed by atoms with Crippen molar-refractivity contribution in [3.63, 3.8) is 0 Å². The van der Waals surface area contributed by atoms with E-state index in [-0.39, 0.29) is 5.91 Å². The van der Waals surface area contributed by atoms with E-state index < -0.39 is 16.9 Å². The maximum atomic E-state index is 12.4. The van der Waals surface area contributed by atoms with Crippen molar-refractivity contribution in [1.29, 1.82) is 0 Å². The number of thiazole rings is 1. The molecule has 0 spiro atoms. The molecule has 0 unspecified atom stereocenters. The lowest BCUT2D eigenvalue weighted by atomic mass is 10.2. The highest BCUT2D eigenvalue weighted by atomic mass is 32.2. The Labute approximate surface area is 142 Å². The van der Waals surface area contributed by atoms with Crippen molar-refractivity contribution in [2.75, 3.05) is 18.2 Å². The number of carbonyl (C=O) groups excluding carboxylic acids is 3. The number of aromatic nitrogens is 1. The summed E-state index contributed by atoms with van der Waals surface area (Å²) in [6, 6.07) is -0.553. The Balaban J connectivity index is 2.16. The smallest absolute Gasteiger partial charge is 0.350 e. The lowest BCUT2D eigenvalue weighted by Crippen LogP contribution is -2.47. The molecule has 1 aromatic heterocycles. The molecule has 9 heteroatoms. The average Bonchev–Trinajstić information content (AvgIpc) is 3.06. The molecular formula is C14H19N3O4S2. The van der Waals surface area contributed by atoms with E-state index in [9.17, 15) is 14.4 Å². The largest absolute Gasteiger partial charge is 0.465 e. The van der Waals surface area contributed by atoms with Crippen molar-refractivity contribution in [2.45, 2.75) is 38.1 Å². The molecule has 2 rings (SSSR count). The van der Waals surface area contributed by atoms with E-state index >= 15 is 0 Å². The quantitative estimate of drug-likeness (QED) is 0.638. The minimum Gasteiger partial charge on any atom is -0.465 e. The molecule has 1 saturated heterocycles. The van der Waals surface area contributed by atoms with Crippen molar-refractivity contribution < 1.29 is 19.1 Å². The van der Waals surface area contributed by atoms with Crippen LogP contribution in [-0.4, -0.2) is 51.9 Å². The first-order chi connectivity index (χ1) is 10.8. The van der Waals surface area contributed by atoms with Crippen LogP contribution in [0.3, 0.4) is 0 Å². The average molecular weight is 357 g/mol. The van der Waals surface area contributed by atoms with Crippen molar-refractivity contribution in [3.05, 3.63) is 10.6 Å². The lowest BCUT2D eigenvalue weighted by molar-refractivity contribution is -0.130. The van der Waals surface area contributed by atoms with Crippen LogP contribution in [0.25, 0.3) is 0 Å². The topological polar surface area (TPSA) is 88.6 Å². The predicted molar refractivity (Wildman–Crippen MR) is 89.7 cm³/mol. The van der Waals surface area contributed by atoms with Gasteiger partial charge in [-0.1, -0.05) is 18.3 Å². The number of hydrogen-bond donors (Lipinski definition) is 1. The Hall–Kier alpha value is -1.61. The molecule has 0 saturated carbocycles. The molecule has 0 radical (unpaired) electrons. The number of amides is 2. The maximum Gasteiger partial charge on any atom is 0.350 e. The molecule has 1 fully saturated rings. The Morgan fingerprint density at radius 2 is 2.22 bits per heavy atom. The van der Waals surface area contributed by atoms with E-state index in [1.54, 1.807) is 11.8 Å². The highest BCUT2D eigenvalue weighted by molar-refractivity contribution is 8.00. The second kappa shape index (κ2) is 6.88. The van der Waals surface area contributed by atoms with E-state index in [0.717, 1.165) is 11.3 Å². The van der Waals surface area contributed by atoms with Crippen LogP contribution in [-0.2, 0) is 20.7 Å². The summed E-state index contributed by atoms with van der Waals surface area (Å²) in [5, 5.41) is 3.05. The molecule has 2 heterocycles. The first-order valence-electron chi connectivity index (χ1n) is 7.10. The summed E-state index contributed by atoms with van der Waals surface area (Å²) in [6.07, 6.45) is 1.26. The fraction of sp³-hybridized carbons (Fsp3) is 0.571. The van der Waals surface area contributed by atoms with Crippen LogP contribution in [0.15, 0.2) is 0 Å². The van der Waals surface area contributed by atoms with Crippen molar-refractivity contribution in [2.24, 2.45) is 0 Å². The number of ether oxygens (including phenoxy) is 1. The predicted octanol–water partition coefficient (Wildman–Crippen LogP) is 1.74. The van der Waals surface area contributed by atoms with E-state index in [2.05, 4.69) is 10.3 Å². The highest BCUT2D eigenvalue weighted by Gasteiger charge is 2.43. The van der Waals surface area contributed by atoms with Gasteiger partial charge in [-0.25, -0.2) is 9.78 Å². The Morgan fingerprint density at radius 3 is 2.78 bits per heavy atom. The zero-order valence-corrected chi connectivity index (χ0v) is 15.0.